The second kappa shape index (κ2) is 6.19. The lowest BCUT2D eigenvalue weighted by atomic mass is 10.1. The molecule has 0 spiro atoms. The minimum atomic E-state index is -0.253. The number of hydrogen-bond donors (Lipinski definition) is 2. The molecule has 4 heteroatoms. The van der Waals surface area contributed by atoms with Crippen LogP contribution in [0.3, 0.4) is 0 Å². The minimum Gasteiger partial charge on any atom is -0.335 e. The van der Waals surface area contributed by atoms with Crippen LogP contribution in [0, 0.1) is 5.92 Å². The van der Waals surface area contributed by atoms with E-state index in [1.807, 2.05) is 20.8 Å². The molecule has 4 nitrogen and oxygen atoms in total. The molecule has 0 aromatic heterocycles. The van der Waals surface area contributed by atoms with Gasteiger partial charge in [-0.1, -0.05) is 26.0 Å². The van der Waals surface area contributed by atoms with Gasteiger partial charge in [0.15, 0.2) is 5.78 Å². The van der Waals surface area contributed by atoms with E-state index in [1.165, 1.54) is 6.92 Å². The normalized spacial score (nSPS) is 12.1. The van der Waals surface area contributed by atoms with Crippen LogP contribution in [0.5, 0.6) is 0 Å². The molecule has 0 aliphatic heterocycles. The number of anilines is 1. The van der Waals surface area contributed by atoms with Gasteiger partial charge in [0.25, 0.3) is 0 Å². The number of Topliss-reactive ketones (excluding diaryl/α,β-unsaturated/α-hetero) is 1. The number of amides is 2. The van der Waals surface area contributed by atoms with Crippen LogP contribution >= 0.6 is 0 Å². The number of nitrogens with one attached hydrogen (secondary N) is 2. The fourth-order valence-electron chi connectivity index (χ4n) is 1.36. The zero-order valence-corrected chi connectivity index (χ0v) is 11.3. The SMILES string of the molecule is CC(=O)c1cccc(NC(=O)NC(C)C(C)C)c1. The van der Waals surface area contributed by atoms with Gasteiger partial charge in [-0.2, -0.15) is 0 Å². The molecular formula is C14H20N2O2. The Morgan fingerprint density at radius 3 is 2.39 bits per heavy atom. The highest BCUT2D eigenvalue weighted by Gasteiger charge is 2.10. The Morgan fingerprint density at radius 2 is 1.83 bits per heavy atom. The first kappa shape index (κ1) is 14.2. The summed E-state index contributed by atoms with van der Waals surface area (Å²) in [5.74, 6) is 0.355. The molecular weight excluding hydrogens is 228 g/mol. The Balaban J connectivity index is 2.65. The van der Waals surface area contributed by atoms with Crippen molar-refractivity contribution in [3.8, 4) is 0 Å². The van der Waals surface area contributed by atoms with Crippen LogP contribution in [0.1, 0.15) is 38.1 Å². The summed E-state index contributed by atoms with van der Waals surface area (Å²) in [7, 11) is 0. The summed E-state index contributed by atoms with van der Waals surface area (Å²) in [6.45, 7) is 7.54. The van der Waals surface area contributed by atoms with Gasteiger partial charge in [0.1, 0.15) is 0 Å². The molecule has 0 fully saturated rings. The molecule has 2 N–H and O–H groups in total. The van der Waals surface area contributed by atoms with Crippen molar-refractivity contribution in [3.05, 3.63) is 29.8 Å². The van der Waals surface area contributed by atoms with Gasteiger partial charge in [0.2, 0.25) is 0 Å². The maximum atomic E-state index is 11.7. The number of ketones is 1. The maximum Gasteiger partial charge on any atom is 0.319 e. The van der Waals surface area contributed by atoms with E-state index in [-0.39, 0.29) is 17.9 Å². The van der Waals surface area contributed by atoms with Crippen LogP contribution in [0.25, 0.3) is 0 Å². The molecule has 1 aromatic carbocycles. The fraction of sp³-hybridized carbons (Fsp3) is 0.429. The Morgan fingerprint density at radius 1 is 1.17 bits per heavy atom. The third-order valence-corrected chi connectivity index (χ3v) is 2.89. The second-order valence-corrected chi connectivity index (χ2v) is 4.77. The lowest BCUT2D eigenvalue weighted by Crippen LogP contribution is -2.39. The molecule has 0 heterocycles. The lowest BCUT2D eigenvalue weighted by Gasteiger charge is -2.17. The first-order valence-electron chi connectivity index (χ1n) is 6.08. The molecule has 1 unspecified atom stereocenters. The monoisotopic (exact) mass is 248 g/mol. The van der Waals surface area contributed by atoms with Gasteiger partial charge < -0.3 is 10.6 Å². The van der Waals surface area contributed by atoms with Crippen molar-refractivity contribution in [2.45, 2.75) is 33.7 Å². The molecule has 1 rings (SSSR count). The van der Waals surface area contributed by atoms with Crippen LogP contribution in [0.15, 0.2) is 24.3 Å². The van der Waals surface area contributed by atoms with Gasteiger partial charge in [-0.05, 0) is 31.9 Å². The van der Waals surface area contributed by atoms with E-state index in [0.717, 1.165) is 0 Å². The highest BCUT2D eigenvalue weighted by Crippen LogP contribution is 2.11. The van der Waals surface area contributed by atoms with E-state index < -0.39 is 0 Å². The zero-order valence-electron chi connectivity index (χ0n) is 11.3. The summed E-state index contributed by atoms with van der Waals surface area (Å²) in [6.07, 6.45) is 0. The lowest BCUT2D eigenvalue weighted by molar-refractivity contribution is 0.101. The van der Waals surface area contributed by atoms with E-state index in [0.29, 0.717) is 17.2 Å². The summed E-state index contributed by atoms with van der Waals surface area (Å²) in [4.78, 5) is 22.9. The zero-order chi connectivity index (χ0) is 13.7. The first-order chi connectivity index (χ1) is 8.40. The summed E-state index contributed by atoms with van der Waals surface area (Å²) >= 11 is 0. The number of urea groups is 1. The van der Waals surface area contributed by atoms with Crippen LogP contribution in [-0.4, -0.2) is 17.9 Å². The van der Waals surface area contributed by atoms with Crippen LogP contribution < -0.4 is 10.6 Å². The number of carbonyl (C=O) groups excluding carboxylic acids is 2. The van der Waals surface area contributed by atoms with E-state index in [1.54, 1.807) is 24.3 Å². The van der Waals surface area contributed by atoms with Gasteiger partial charge >= 0.3 is 6.03 Å². The quantitative estimate of drug-likeness (QED) is 0.804. The standard InChI is InChI=1S/C14H20N2O2/c1-9(2)10(3)15-14(18)16-13-7-5-6-12(8-13)11(4)17/h5-10H,1-4H3,(H2,15,16,18). The molecule has 0 saturated carbocycles. The van der Waals surface area contributed by atoms with Gasteiger partial charge in [0, 0.05) is 17.3 Å². The van der Waals surface area contributed by atoms with Crippen molar-refractivity contribution >= 4 is 17.5 Å². The van der Waals surface area contributed by atoms with Gasteiger partial charge in [-0.3, -0.25) is 4.79 Å². The summed E-state index contributed by atoms with van der Waals surface area (Å²) < 4.78 is 0. The molecule has 0 radical (unpaired) electrons. The van der Waals surface area contributed by atoms with E-state index in [9.17, 15) is 9.59 Å². The molecule has 0 aliphatic rings. The van der Waals surface area contributed by atoms with Crippen molar-refractivity contribution in [3.63, 3.8) is 0 Å². The molecule has 1 aromatic rings. The largest absolute Gasteiger partial charge is 0.335 e. The van der Waals surface area contributed by atoms with Crippen molar-refractivity contribution in [2.24, 2.45) is 5.92 Å². The van der Waals surface area contributed by atoms with E-state index in [4.69, 9.17) is 0 Å². The first-order valence-corrected chi connectivity index (χ1v) is 6.08. The molecule has 0 saturated heterocycles. The van der Waals surface area contributed by atoms with Crippen molar-refractivity contribution in [1.82, 2.24) is 5.32 Å². The third kappa shape index (κ3) is 4.20. The number of benzene rings is 1. The molecule has 0 bridgehead atoms. The summed E-state index contributed by atoms with van der Waals surface area (Å²) in [5.41, 5.74) is 1.21. The number of rotatable bonds is 4. The van der Waals surface area contributed by atoms with Gasteiger partial charge in [0.05, 0.1) is 0 Å². The highest BCUT2D eigenvalue weighted by molar-refractivity contribution is 5.96. The summed E-state index contributed by atoms with van der Waals surface area (Å²) in [5, 5.41) is 5.56. The maximum absolute atomic E-state index is 11.7. The fourth-order valence-corrected chi connectivity index (χ4v) is 1.36. The third-order valence-electron chi connectivity index (χ3n) is 2.89. The minimum absolute atomic E-state index is 0.0189. The Kier molecular flexibility index (Phi) is 4.89. The smallest absolute Gasteiger partial charge is 0.319 e. The van der Waals surface area contributed by atoms with Crippen molar-refractivity contribution < 1.29 is 9.59 Å². The number of hydrogen-bond acceptors (Lipinski definition) is 2. The molecule has 2 amide bonds. The summed E-state index contributed by atoms with van der Waals surface area (Å²) in [6, 6.07) is 6.74. The van der Waals surface area contributed by atoms with Crippen LogP contribution in [0.2, 0.25) is 0 Å². The Labute approximate surface area is 108 Å². The predicted octanol–water partition coefficient (Wildman–Crippen LogP) is 3.06. The van der Waals surface area contributed by atoms with E-state index >= 15 is 0 Å². The molecule has 98 valence electrons. The molecule has 0 aliphatic carbocycles. The Bertz CT molecular complexity index is 441. The van der Waals surface area contributed by atoms with Gasteiger partial charge in [-0.15, -0.1) is 0 Å². The van der Waals surface area contributed by atoms with Crippen LogP contribution in [0.4, 0.5) is 10.5 Å². The average Bonchev–Trinajstić information content (AvgIpc) is 2.28. The predicted molar refractivity (Wildman–Crippen MR) is 72.9 cm³/mol. The Hall–Kier alpha value is -1.84. The van der Waals surface area contributed by atoms with Crippen molar-refractivity contribution in [1.29, 1.82) is 0 Å². The molecule has 18 heavy (non-hydrogen) atoms. The number of carbonyl (C=O) groups is 2. The molecule has 1 atom stereocenters. The average molecular weight is 248 g/mol. The highest BCUT2D eigenvalue weighted by atomic mass is 16.2. The van der Waals surface area contributed by atoms with Gasteiger partial charge in [-0.25, -0.2) is 4.79 Å². The topological polar surface area (TPSA) is 58.2 Å². The van der Waals surface area contributed by atoms with E-state index in [2.05, 4.69) is 10.6 Å². The second-order valence-electron chi connectivity index (χ2n) is 4.77. The van der Waals surface area contributed by atoms with Crippen LogP contribution in [-0.2, 0) is 0 Å². The van der Waals surface area contributed by atoms with Crippen molar-refractivity contribution in [2.75, 3.05) is 5.32 Å².